The first-order valence-corrected chi connectivity index (χ1v) is 12.6. The number of likely N-dealkylation sites (tertiary alicyclic amines) is 1. The van der Waals surface area contributed by atoms with Crippen molar-refractivity contribution in [2.75, 3.05) is 24.1 Å². The lowest BCUT2D eigenvalue weighted by atomic mass is 10.1. The molecule has 152 valence electrons. The number of piperidine rings is 1. The first-order chi connectivity index (χ1) is 14.0. The van der Waals surface area contributed by atoms with Crippen molar-refractivity contribution >= 4 is 56.1 Å². The first-order valence-electron chi connectivity index (χ1n) is 9.21. The number of rotatable bonds is 5. The number of carbonyl (C=O) groups is 1. The summed E-state index contributed by atoms with van der Waals surface area (Å²) in [5, 5.41) is 0. The fourth-order valence-electron chi connectivity index (χ4n) is 3.39. The largest absolute Gasteiger partial charge is 0.339 e. The molecule has 3 aromatic rings. The normalized spacial score (nSPS) is 14.9. The van der Waals surface area contributed by atoms with Crippen LogP contribution in [-0.2, 0) is 10.0 Å². The molecule has 2 heterocycles. The Balaban J connectivity index is 1.73. The number of amides is 1. The second-order valence-corrected chi connectivity index (χ2v) is 9.82. The van der Waals surface area contributed by atoms with Crippen LogP contribution < -0.4 is 4.72 Å². The van der Waals surface area contributed by atoms with Crippen molar-refractivity contribution in [2.24, 2.45) is 0 Å². The highest BCUT2D eigenvalue weighted by Crippen LogP contribution is 2.29. The van der Waals surface area contributed by atoms with E-state index >= 15 is 0 Å². The third kappa shape index (κ3) is 4.10. The summed E-state index contributed by atoms with van der Waals surface area (Å²) < 4.78 is 37.2. The van der Waals surface area contributed by atoms with E-state index in [2.05, 4.69) is 13.5 Å². The number of anilines is 1. The molecule has 10 heteroatoms. The van der Waals surface area contributed by atoms with Crippen LogP contribution in [0.1, 0.15) is 29.6 Å². The minimum absolute atomic E-state index is 0.0506. The molecule has 0 atom stereocenters. The number of hydrogen-bond donors (Lipinski definition) is 1. The van der Waals surface area contributed by atoms with Crippen LogP contribution in [0.2, 0.25) is 0 Å². The van der Waals surface area contributed by atoms with E-state index in [0.29, 0.717) is 29.7 Å². The number of hydrogen-bond acceptors (Lipinski definition) is 7. The highest BCUT2D eigenvalue weighted by Gasteiger charge is 2.25. The zero-order valence-corrected chi connectivity index (χ0v) is 18.2. The lowest BCUT2D eigenvalue weighted by molar-refractivity contribution is 0.0725. The molecule has 7 nitrogen and oxygen atoms in total. The Hall–Kier alpha value is -2.17. The van der Waals surface area contributed by atoms with Crippen molar-refractivity contribution in [1.82, 2.24) is 13.6 Å². The standard InChI is InChI=1S/C19H20N4O3S3/c1-27-13-8-9-14(19(24)23-10-3-2-4-11-23)16(12-13)22-29(25,26)17-7-5-6-15-18(17)21-28-20-15/h5-9,12,22H,2-4,10-11H2,1H3. The average Bonchev–Trinajstić information content (AvgIpc) is 3.22. The Labute approximate surface area is 177 Å². The molecule has 0 spiro atoms. The van der Waals surface area contributed by atoms with Crippen molar-refractivity contribution in [3.8, 4) is 0 Å². The zero-order valence-electron chi connectivity index (χ0n) is 15.8. The predicted octanol–water partition coefficient (Wildman–Crippen LogP) is 3.84. The van der Waals surface area contributed by atoms with Gasteiger partial charge >= 0.3 is 0 Å². The fraction of sp³-hybridized carbons (Fsp3) is 0.316. The summed E-state index contributed by atoms with van der Waals surface area (Å²) in [4.78, 5) is 15.8. The molecule has 1 aliphatic rings. The number of benzene rings is 2. The van der Waals surface area contributed by atoms with Gasteiger partial charge in [-0.25, -0.2) is 8.42 Å². The molecule has 0 radical (unpaired) electrons. The second-order valence-electron chi connectivity index (χ2n) is 6.76. The number of fused-ring (bicyclic) bond motifs is 1. The molecule has 2 aromatic carbocycles. The topological polar surface area (TPSA) is 92.3 Å². The molecular formula is C19H20N4O3S3. The number of nitrogens with zero attached hydrogens (tertiary/aromatic N) is 3. The van der Waals surface area contributed by atoms with Crippen LogP contribution in [0, 0.1) is 0 Å². The van der Waals surface area contributed by atoms with Gasteiger partial charge in [-0.2, -0.15) is 8.75 Å². The Morgan fingerprint density at radius 1 is 1.14 bits per heavy atom. The number of aromatic nitrogens is 2. The van der Waals surface area contributed by atoms with Crippen molar-refractivity contribution in [3.63, 3.8) is 0 Å². The number of nitrogens with one attached hydrogen (secondary N) is 1. The smallest absolute Gasteiger partial charge is 0.264 e. The van der Waals surface area contributed by atoms with E-state index in [1.54, 1.807) is 29.2 Å². The Bertz CT molecular complexity index is 1150. The zero-order chi connectivity index (χ0) is 20.4. The SMILES string of the molecule is CSc1ccc(C(=O)N2CCCCC2)c(NS(=O)(=O)c2cccc3nsnc23)c1. The fourth-order valence-corrected chi connectivity index (χ4v) is 5.66. The maximum Gasteiger partial charge on any atom is 0.264 e. The molecular weight excluding hydrogens is 428 g/mol. The molecule has 0 bridgehead atoms. The van der Waals surface area contributed by atoms with Crippen molar-refractivity contribution in [1.29, 1.82) is 0 Å². The van der Waals surface area contributed by atoms with Gasteiger partial charge in [-0.1, -0.05) is 6.07 Å². The van der Waals surface area contributed by atoms with Gasteiger partial charge in [-0.05, 0) is 55.9 Å². The van der Waals surface area contributed by atoms with Crippen molar-refractivity contribution < 1.29 is 13.2 Å². The van der Waals surface area contributed by atoms with Gasteiger partial charge in [0.1, 0.15) is 15.9 Å². The molecule has 0 aliphatic carbocycles. The van der Waals surface area contributed by atoms with Crippen LogP contribution in [0.4, 0.5) is 5.69 Å². The summed E-state index contributed by atoms with van der Waals surface area (Å²) in [5.41, 5.74) is 1.50. The predicted molar refractivity (Wildman–Crippen MR) is 116 cm³/mol. The van der Waals surface area contributed by atoms with Gasteiger partial charge in [-0.15, -0.1) is 11.8 Å². The highest BCUT2D eigenvalue weighted by molar-refractivity contribution is 7.98. The van der Waals surface area contributed by atoms with Crippen molar-refractivity contribution in [2.45, 2.75) is 29.1 Å². The van der Waals surface area contributed by atoms with Gasteiger partial charge in [0.05, 0.1) is 23.0 Å². The Morgan fingerprint density at radius 2 is 1.93 bits per heavy atom. The Morgan fingerprint density at radius 3 is 2.69 bits per heavy atom. The molecule has 1 fully saturated rings. The van der Waals surface area contributed by atoms with Gasteiger partial charge in [0.2, 0.25) is 0 Å². The van der Waals surface area contributed by atoms with Gasteiger partial charge in [0.15, 0.2) is 0 Å². The molecule has 0 unspecified atom stereocenters. The van der Waals surface area contributed by atoms with E-state index in [-0.39, 0.29) is 16.5 Å². The number of thioether (sulfide) groups is 1. The second kappa shape index (κ2) is 8.29. The maximum absolute atomic E-state index is 13.2. The quantitative estimate of drug-likeness (QED) is 0.596. The third-order valence-electron chi connectivity index (χ3n) is 4.88. The number of sulfonamides is 1. The van der Waals surface area contributed by atoms with E-state index in [9.17, 15) is 13.2 Å². The van der Waals surface area contributed by atoms with E-state index in [4.69, 9.17) is 0 Å². The summed E-state index contributed by atoms with van der Waals surface area (Å²) in [6, 6.07) is 10.1. The molecule has 1 saturated heterocycles. The van der Waals surface area contributed by atoms with Crippen LogP contribution in [0.25, 0.3) is 11.0 Å². The van der Waals surface area contributed by atoms with E-state index in [1.807, 2.05) is 12.3 Å². The molecule has 29 heavy (non-hydrogen) atoms. The minimum Gasteiger partial charge on any atom is -0.339 e. The van der Waals surface area contributed by atoms with Gasteiger partial charge in [0.25, 0.3) is 15.9 Å². The lowest BCUT2D eigenvalue weighted by Crippen LogP contribution is -2.36. The van der Waals surface area contributed by atoms with Crippen LogP contribution in [0.15, 0.2) is 46.2 Å². The minimum atomic E-state index is -3.95. The molecule has 0 saturated carbocycles. The third-order valence-corrected chi connectivity index (χ3v) is 7.55. The van der Waals surface area contributed by atoms with E-state index in [0.717, 1.165) is 35.9 Å². The summed E-state index contributed by atoms with van der Waals surface area (Å²) >= 11 is 2.45. The van der Waals surface area contributed by atoms with Crippen LogP contribution in [-0.4, -0.2) is 47.3 Å². The van der Waals surface area contributed by atoms with Gasteiger partial charge in [0, 0.05) is 18.0 Å². The van der Waals surface area contributed by atoms with Gasteiger partial charge in [-0.3, -0.25) is 9.52 Å². The summed E-state index contributed by atoms with van der Waals surface area (Å²) in [6.45, 7) is 1.39. The highest BCUT2D eigenvalue weighted by atomic mass is 32.2. The summed E-state index contributed by atoms with van der Waals surface area (Å²) in [5.74, 6) is -0.149. The van der Waals surface area contributed by atoms with Crippen LogP contribution >= 0.6 is 23.5 Å². The van der Waals surface area contributed by atoms with Crippen LogP contribution in [0.3, 0.4) is 0 Å². The molecule has 1 aliphatic heterocycles. The summed E-state index contributed by atoms with van der Waals surface area (Å²) in [6.07, 6.45) is 4.95. The molecule has 1 N–H and O–H groups in total. The maximum atomic E-state index is 13.2. The molecule has 1 aromatic heterocycles. The summed E-state index contributed by atoms with van der Waals surface area (Å²) in [7, 11) is -3.95. The van der Waals surface area contributed by atoms with E-state index in [1.165, 1.54) is 17.8 Å². The van der Waals surface area contributed by atoms with E-state index < -0.39 is 10.0 Å². The first kappa shape index (κ1) is 20.1. The average molecular weight is 449 g/mol. The molecule has 4 rings (SSSR count). The van der Waals surface area contributed by atoms with Crippen molar-refractivity contribution in [3.05, 3.63) is 42.0 Å². The monoisotopic (exact) mass is 448 g/mol. The number of carbonyl (C=O) groups excluding carboxylic acids is 1. The molecule has 1 amide bonds. The van der Waals surface area contributed by atoms with Gasteiger partial charge < -0.3 is 4.90 Å². The van der Waals surface area contributed by atoms with Crippen LogP contribution in [0.5, 0.6) is 0 Å². The lowest BCUT2D eigenvalue weighted by Gasteiger charge is -2.27. The Kier molecular flexibility index (Phi) is 5.75.